The molecule has 0 radical (unpaired) electrons. The number of nitrogens with one attached hydrogen (secondary N) is 1. The number of carbonyl (C=O) groups is 1. The second-order valence-corrected chi connectivity index (χ2v) is 8.64. The van der Waals surface area contributed by atoms with Gasteiger partial charge < -0.3 is 19.7 Å². The first-order valence-electron chi connectivity index (χ1n) is 8.13. The summed E-state index contributed by atoms with van der Waals surface area (Å²) in [6.45, 7) is 6.94. The van der Waals surface area contributed by atoms with Gasteiger partial charge in [0.1, 0.15) is 15.0 Å². The van der Waals surface area contributed by atoms with Crippen molar-refractivity contribution in [2.75, 3.05) is 31.8 Å². The highest BCUT2D eigenvalue weighted by Crippen LogP contribution is 2.29. The Bertz CT molecular complexity index is 624. The van der Waals surface area contributed by atoms with Crippen molar-refractivity contribution in [1.82, 2.24) is 14.9 Å². The lowest BCUT2D eigenvalue weighted by atomic mass is 10.1. The molecule has 7 nitrogen and oxygen atoms in total. The van der Waals surface area contributed by atoms with E-state index in [1.165, 1.54) is 11.8 Å². The predicted molar refractivity (Wildman–Crippen MR) is 108 cm³/mol. The molecule has 0 aliphatic carbocycles. The number of halogens is 1. The van der Waals surface area contributed by atoms with Crippen LogP contribution in [0.2, 0.25) is 0 Å². The van der Waals surface area contributed by atoms with Crippen LogP contribution in [-0.4, -0.2) is 59.1 Å². The van der Waals surface area contributed by atoms with E-state index in [1.54, 1.807) is 12.0 Å². The van der Waals surface area contributed by atoms with Gasteiger partial charge in [-0.2, -0.15) is 4.98 Å². The Kier molecular flexibility index (Phi) is 7.01. The molecule has 1 aliphatic heterocycles. The third-order valence-electron chi connectivity index (χ3n) is 3.59. The van der Waals surface area contributed by atoms with Crippen molar-refractivity contribution in [2.24, 2.45) is 0 Å². The molecule has 0 spiro atoms. The van der Waals surface area contributed by atoms with Crippen molar-refractivity contribution in [3.05, 3.63) is 3.57 Å². The highest BCUT2D eigenvalue weighted by atomic mass is 127. The number of rotatable bonds is 4. The lowest BCUT2D eigenvalue weighted by molar-refractivity contribution is 0.0206. The van der Waals surface area contributed by atoms with Crippen LogP contribution >= 0.6 is 34.4 Å². The van der Waals surface area contributed by atoms with Crippen molar-refractivity contribution in [2.45, 2.75) is 50.4 Å². The van der Waals surface area contributed by atoms with E-state index in [0.29, 0.717) is 24.1 Å². The molecule has 140 valence electrons. The largest absolute Gasteiger partial charge is 0.480 e. The molecule has 1 unspecified atom stereocenters. The van der Waals surface area contributed by atoms with E-state index in [4.69, 9.17) is 9.47 Å². The zero-order valence-electron chi connectivity index (χ0n) is 15.3. The van der Waals surface area contributed by atoms with Gasteiger partial charge in [-0.1, -0.05) is 11.8 Å². The number of likely N-dealkylation sites (tertiary alicyclic amines) is 1. The summed E-state index contributed by atoms with van der Waals surface area (Å²) in [4.78, 5) is 22.9. The van der Waals surface area contributed by atoms with Crippen molar-refractivity contribution in [3.63, 3.8) is 0 Å². The number of hydrogen-bond donors (Lipinski definition) is 1. The number of ether oxygens (including phenoxy) is 2. The summed E-state index contributed by atoms with van der Waals surface area (Å²) in [5, 5.41) is 4.10. The van der Waals surface area contributed by atoms with Gasteiger partial charge in [0.25, 0.3) is 0 Å². The lowest BCUT2D eigenvalue weighted by Gasteiger charge is -2.34. The Morgan fingerprint density at radius 1 is 1.40 bits per heavy atom. The summed E-state index contributed by atoms with van der Waals surface area (Å²) in [5.74, 6) is 1.30. The minimum absolute atomic E-state index is 0.115. The van der Waals surface area contributed by atoms with Crippen molar-refractivity contribution in [3.8, 4) is 5.88 Å². The molecule has 1 aromatic rings. The first-order chi connectivity index (χ1) is 11.7. The fourth-order valence-electron chi connectivity index (χ4n) is 2.51. The van der Waals surface area contributed by atoms with Crippen molar-refractivity contribution < 1.29 is 14.3 Å². The van der Waals surface area contributed by atoms with E-state index in [0.717, 1.165) is 22.2 Å². The van der Waals surface area contributed by atoms with Crippen LogP contribution in [0.3, 0.4) is 0 Å². The maximum Gasteiger partial charge on any atom is 0.410 e. The van der Waals surface area contributed by atoms with E-state index >= 15 is 0 Å². The zero-order chi connectivity index (χ0) is 18.6. The van der Waals surface area contributed by atoms with Gasteiger partial charge in [0.15, 0.2) is 5.16 Å². The molecule has 2 heterocycles. The Morgan fingerprint density at radius 2 is 2.12 bits per heavy atom. The van der Waals surface area contributed by atoms with Crippen LogP contribution in [0, 0.1) is 3.57 Å². The third-order valence-corrected chi connectivity index (χ3v) is 5.11. The second kappa shape index (κ2) is 8.61. The Hall–Kier alpha value is -0.970. The minimum Gasteiger partial charge on any atom is -0.480 e. The number of hydrogen-bond acceptors (Lipinski definition) is 7. The minimum atomic E-state index is -0.486. The van der Waals surface area contributed by atoms with Crippen molar-refractivity contribution >= 4 is 46.3 Å². The molecule has 1 aliphatic rings. The van der Waals surface area contributed by atoms with E-state index in [9.17, 15) is 4.79 Å². The first-order valence-corrected chi connectivity index (χ1v) is 10.4. The van der Waals surface area contributed by atoms with Crippen LogP contribution in [0.4, 0.5) is 10.6 Å². The summed E-state index contributed by atoms with van der Waals surface area (Å²) in [6.07, 6.45) is 3.55. The monoisotopic (exact) mass is 480 g/mol. The van der Waals surface area contributed by atoms with Gasteiger partial charge >= 0.3 is 6.09 Å². The standard InChI is InChI=1S/C16H25IN4O3S/c1-16(2,3)24-15(22)21-8-6-7-10(9-21)18-12-11(17)13(23-4)20-14(19-12)25-5/h10H,6-9H2,1-5H3,(H,18,19,20). The number of thioether (sulfide) groups is 1. The number of anilines is 1. The summed E-state index contributed by atoms with van der Waals surface area (Å²) in [5.41, 5.74) is -0.486. The van der Waals surface area contributed by atoms with E-state index in [-0.39, 0.29) is 12.1 Å². The van der Waals surface area contributed by atoms with E-state index in [2.05, 4.69) is 37.9 Å². The van der Waals surface area contributed by atoms with Crippen molar-refractivity contribution in [1.29, 1.82) is 0 Å². The zero-order valence-corrected chi connectivity index (χ0v) is 18.2. The number of methoxy groups -OCH3 is 1. The van der Waals surface area contributed by atoms with Gasteiger partial charge in [0.05, 0.1) is 7.11 Å². The summed E-state index contributed by atoms with van der Waals surface area (Å²) < 4.78 is 11.7. The topological polar surface area (TPSA) is 76.6 Å². The normalized spacial score (nSPS) is 18.0. The number of carbonyl (C=O) groups excluding carboxylic acids is 1. The molecular weight excluding hydrogens is 455 g/mol. The summed E-state index contributed by atoms with van der Waals surface area (Å²) in [7, 11) is 1.60. The van der Waals surface area contributed by atoms with Gasteiger partial charge in [-0.3, -0.25) is 0 Å². The molecule has 1 aromatic heterocycles. The van der Waals surface area contributed by atoms with Gasteiger partial charge in [-0.25, -0.2) is 9.78 Å². The molecule has 9 heteroatoms. The third kappa shape index (κ3) is 5.77. The smallest absolute Gasteiger partial charge is 0.410 e. The van der Waals surface area contributed by atoms with Crippen LogP contribution < -0.4 is 10.1 Å². The SMILES string of the molecule is COc1nc(SC)nc(NC2CCCN(C(=O)OC(C)(C)C)C2)c1I. The molecular formula is C16H25IN4O3S. The van der Waals surface area contributed by atoms with Gasteiger partial charge in [0.2, 0.25) is 5.88 Å². The average molecular weight is 480 g/mol. The molecule has 1 saturated heterocycles. The summed E-state index contributed by atoms with van der Waals surface area (Å²) >= 11 is 3.64. The lowest BCUT2D eigenvalue weighted by Crippen LogP contribution is -2.47. The van der Waals surface area contributed by atoms with Gasteiger partial charge in [-0.05, 0) is 62.5 Å². The number of piperidine rings is 1. The fraction of sp³-hybridized carbons (Fsp3) is 0.688. The number of aromatic nitrogens is 2. The van der Waals surface area contributed by atoms with E-state index in [1.807, 2.05) is 27.0 Å². The fourth-order valence-corrected chi connectivity index (χ4v) is 3.48. The quantitative estimate of drug-likeness (QED) is 0.401. The van der Waals surface area contributed by atoms with Crippen LogP contribution in [0.25, 0.3) is 0 Å². The summed E-state index contributed by atoms with van der Waals surface area (Å²) in [6, 6.07) is 0.115. The molecule has 1 atom stereocenters. The van der Waals surface area contributed by atoms with Gasteiger partial charge in [0, 0.05) is 19.1 Å². The first kappa shape index (κ1) is 20.3. The highest BCUT2D eigenvalue weighted by Gasteiger charge is 2.28. The molecule has 2 rings (SSSR count). The number of amides is 1. The molecule has 1 amide bonds. The highest BCUT2D eigenvalue weighted by molar-refractivity contribution is 14.1. The molecule has 0 aromatic carbocycles. The molecule has 0 saturated carbocycles. The maximum atomic E-state index is 12.3. The number of nitrogens with zero attached hydrogens (tertiary/aromatic N) is 3. The Balaban J connectivity index is 2.09. The molecule has 25 heavy (non-hydrogen) atoms. The van der Waals surface area contributed by atoms with Crippen LogP contribution in [0.5, 0.6) is 5.88 Å². The second-order valence-electron chi connectivity index (χ2n) is 6.79. The predicted octanol–water partition coefficient (Wildman–Crippen LogP) is 3.62. The average Bonchev–Trinajstić information content (AvgIpc) is 2.55. The Labute approximate surface area is 166 Å². The maximum absolute atomic E-state index is 12.3. The van der Waals surface area contributed by atoms with Crippen LogP contribution in [0.1, 0.15) is 33.6 Å². The Morgan fingerprint density at radius 3 is 2.72 bits per heavy atom. The van der Waals surface area contributed by atoms with Gasteiger partial charge in [-0.15, -0.1) is 0 Å². The van der Waals surface area contributed by atoms with Crippen LogP contribution in [0.15, 0.2) is 5.16 Å². The molecule has 1 fully saturated rings. The van der Waals surface area contributed by atoms with E-state index < -0.39 is 5.60 Å². The van der Waals surface area contributed by atoms with Crippen LogP contribution in [-0.2, 0) is 4.74 Å². The molecule has 1 N–H and O–H groups in total. The molecule has 0 bridgehead atoms.